The molecule has 0 bridgehead atoms. The summed E-state index contributed by atoms with van der Waals surface area (Å²) in [6.07, 6.45) is 2.66. The first kappa shape index (κ1) is 15.7. The van der Waals surface area contributed by atoms with E-state index in [1.54, 1.807) is 12.0 Å². The van der Waals surface area contributed by atoms with E-state index in [1.807, 2.05) is 31.3 Å². The zero-order chi connectivity index (χ0) is 14.1. The molecule has 1 aromatic rings. The van der Waals surface area contributed by atoms with Gasteiger partial charge in [0.1, 0.15) is 0 Å². The van der Waals surface area contributed by atoms with Crippen molar-refractivity contribution < 1.29 is 14.6 Å². The molecule has 1 rings (SSSR count). The Labute approximate surface area is 115 Å². The zero-order valence-corrected chi connectivity index (χ0v) is 11.8. The van der Waals surface area contributed by atoms with Crippen LogP contribution in [0.1, 0.15) is 35.2 Å². The van der Waals surface area contributed by atoms with Crippen LogP contribution >= 0.6 is 0 Å². The van der Waals surface area contributed by atoms with Crippen LogP contribution in [-0.2, 0) is 11.3 Å². The van der Waals surface area contributed by atoms with Crippen LogP contribution in [0.4, 0.5) is 0 Å². The standard InChI is InChI=1S/C15H23NO3/c1-16(9-4-3-5-10-17)15(18)14-8-6-7-13(11-14)12-19-2/h6-8,11,17H,3-5,9-10,12H2,1-2H3. The molecule has 0 aliphatic rings. The minimum atomic E-state index is 0.0296. The number of hydrogen-bond acceptors (Lipinski definition) is 3. The molecule has 1 aromatic carbocycles. The third kappa shape index (κ3) is 5.41. The summed E-state index contributed by atoms with van der Waals surface area (Å²) in [7, 11) is 3.45. The van der Waals surface area contributed by atoms with Gasteiger partial charge in [-0.25, -0.2) is 0 Å². The van der Waals surface area contributed by atoms with Crippen LogP contribution in [0.2, 0.25) is 0 Å². The van der Waals surface area contributed by atoms with E-state index in [0.29, 0.717) is 18.7 Å². The molecule has 0 spiro atoms. The molecule has 0 aliphatic heterocycles. The third-order valence-corrected chi connectivity index (χ3v) is 2.98. The van der Waals surface area contributed by atoms with Crippen molar-refractivity contribution >= 4 is 5.91 Å². The Balaban J connectivity index is 2.53. The van der Waals surface area contributed by atoms with E-state index in [9.17, 15) is 4.79 Å². The molecule has 0 aromatic heterocycles. The number of ether oxygens (including phenoxy) is 1. The molecule has 0 heterocycles. The molecule has 0 saturated heterocycles. The average Bonchev–Trinajstić information content (AvgIpc) is 2.43. The first-order valence-corrected chi connectivity index (χ1v) is 6.63. The Morgan fingerprint density at radius 2 is 2.11 bits per heavy atom. The van der Waals surface area contributed by atoms with Gasteiger partial charge >= 0.3 is 0 Å². The number of hydrogen-bond donors (Lipinski definition) is 1. The Bertz CT molecular complexity index is 393. The lowest BCUT2D eigenvalue weighted by atomic mass is 10.1. The summed E-state index contributed by atoms with van der Waals surface area (Å²) in [5, 5.41) is 8.71. The molecule has 19 heavy (non-hydrogen) atoms. The molecule has 4 nitrogen and oxygen atoms in total. The fourth-order valence-electron chi connectivity index (χ4n) is 1.92. The summed E-state index contributed by atoms with van der Waals surface area (Å²) in [4.78, 5) is 13.9. The van der Waals surface area contributed by atoms with Gasteiger partial charge in [-0.2, -0.15) is 0 Å². The van der Waals surface area contributed by atoms with Crippen molar-refractivity contribution in [3.05, 3.63) is 35.4 Å². The topological polar surface area (TPSA) is 49.8 Å². The molecule has 0 unspecified atom stereocenters. The maximum atomic E-state index is 12.2. The van der Waals surface area contributed by atoms with Gasteiger partial charge in [0.25, 0.3) is 5.91 Å². The summed E-state index contributed by atoms with van der Waals surface area (Å²) in [6, 6.07) is 7.52. The summed E-state index contributed by atoms with van der Waals surface area (Å²) < 4.78 is 5.07. The maximum absolute atomic E-state index is 12.2. The van der Waals surface area contributed by atoms with Gasteiger partial charge in [0.15, 0.2) is 0 Å². The van der Waals surface area contributed by atoms with Crippen molar-refractivity contribution in [1.82, 2.24) is 4.90 Å². The SMILES string of the molecule is COCc1cccc(C(=O)N(C)CCCCCO)c1. The third-order valence-electron chi connectivity index (χ3n) is 2.98. The van der Waals surface area contributed by atoms with E-state index >= 15 is 0 Å². The Morgan fingerprint density at radius 3 is 2.79 bits per heavy atom. The Morgan fingerprint density at radius 1 is 1.32 bits per heavy atom. The molecule has 1 N–H and O–H groups in total. The van der Waals surface area contributed by atoms with E-state index < -0.39 is 0 Å². The number of carbonyl (C=O) groups is 1. The highest BCUT2D eigenvalue weighted by Gasteiger charge is 2.11. The molecule has 4 heteroatoms. The number of amides is 1. The predicted molar refractivity (Wildman–Crippen MR) is 75.1 cm³/mol. The number of rotatable bonds is 8. The van der Waals surface area contributed by atoms with Gasteiger partial charge in [-0.3, -0.25) is 4.79 Å². The van der Waals surface area contributed by atoms with Gasteiger partial charge in [0.2, 0.25) is 0 Å². The van der Waals surface area contributed by atoms with Crippen LogP contribution in [0.3, 0.4) is 0 Å². The van der Waals surface area contributed by atoms with Gasteiger partial charge in [-0.1, -0.05) is 12.1 Å². The largest absolute Gasteiger partial charge is 0.396 e. The minimum Gasteiger partial charge on any atom is -0.396 e. The average molecular weight is 265 g/mol. The Kier molecular flexibility index (Phi) is 7.15. The lowest BCUT2D eigenvalue weighted by molar-refractivity contribution is 0.0792. The highest BCUT2D eigenvalue weighted by atomic mass is 16.5. The highest BCUT2D eigenvalue weighted by molar-refractivity contribution is 5.94. The van der Waals surface area contributed by atoms with Crippen LogP contribution in [0, 0.1) is 0 Å². The second kappa shape index (κ2) is 8.67. The van der Waals surface area contributed by atoms with E-state index in [4.69, 9.17) is 9.84 Å². The predicted octanol–water partition coefficient (Wildman–Crippen LogP) is 2.07. The first-order chi connectivity index (χ1) is 9.19. The molecule has 0 saturated carbocycles. The highest BCUT2D eigenvalue weighted by Crippen LogP contribution is 2.09. The maximum Gasteiger partial charge on any atom is 0.253 e. The number of aliphatic hydroxyl groups is 1. The second-order valence-electron chi connectivity index (χ2n) is 4.64. The fraction of sp³-hybridized carbons (Fsp3) is 0.533. The van der Waals surface area contributed by atoms with Crippen molar-refractivity contribution in [2.75, 3.05) is 27.3 Å². The molecule has 1 amide bonds. The quantitative estimate of drug-likeness (QED) is 0.732. The molecule has 0 fully saturated rings. The fourth-order valence-corrected chi connectivity index (χ4v) is 1.92. The monoisotopic (exact) mass is 265 g/mol. The lowest BCUT2D eigenvalue weighted by Crippen LogP contribution is -2.27. The lowest BCUT2D eigenvalue weighted by Gasteiger charge is -2.17. The van der Waals surface area contributed by atoms with Gasteiger partial charge in [0.05, 0.1) is 6.61 Å². The van der Waals surface area contributed by atoms with Gasteiger partial charge in [0, 0.05) is 32.9 Å². The van der Waals surface area contributed by atoms with Crippen molar-refractivity contribution in [2.45, 2.75) is 25.9 Å². The van der Waals surface area contributed by atoms with Crippen LogP contribution in [0.15, 0.2) is 24.3 Å². The summed E-state index contributed by atoms with van der Waals surface area (Å²) in [6.45, 7) is 1.45. The van der Waals surface area contributed by atoms with Crippen molar-refractivity contribution in [2.24, 2.45) is 0 Å². The minimum absolute atomic E-state index is 0.0296. The van der Waals surface area contributed by atoms with E-state index in [2.05, 4.69) is 0 Å². The Hall–Kier alpha value is -1.39. The van der Waals surface area contributed by atoms with Gasteiger partial charge in [-0.15, -0.1) is 0 Å². The van der Waals surface area contributed by atoms with Crippen LogP contribution in [0.25, 0.3) is 0 Å². The molecule has 0 atom stereocenters. The number of aliphatic hydroxyl groups excluding tert-OH is 1. The molecule has 0 radical (unpaired) electrons. The van der Waals surface area contributed by atoms with Crippen molar-refractivity contribution in [1.29, 1.82) is 0 Å². The molecule has 106 valence electrons. The van der Waals surface area contributed by atoms with E-state index in [0.717, 1.165) is 24.8 Å². The van der Waals surface area contributed by atoms with Crippen molar-refractivity contribution in [3.63, 3.8) is 0 Å². The zero-order valence-electron chi connectivity index (χ0n) is 11.8. The van der Waals surface area contributed by atoms with Gasteiger partial charge in [-0.05, 0) is 37.0 Å². The van der Waals surface area contributed by atoms with Crippen LogP contribution in [-0.4, -0.2) is 43.2 Å². The second-order valence-corrected chi connectivity index (χ2v) is 4.64. The normalized spacial score (nSPS) is 10.5. The van der Waals surface area contributed by atoms with Crippen LogP contribution < -0.4 is 0 Å². The summed E-state index contributed by atoms with van der Waals surface area (Å²) >= 11 is 0. The smallest absolute Gasteiger partial charge is 0.253 e. The molecular formula is C15H23NO3. The number of carbonyl (C=O) groups excluding carboxylic acids is 1. The number of unbranched alkanes of at least 4 members (excludes halogenated alkanes) is 2. The molecular weight excluding hydrogens is 242 g/mol. The summed E-state index contributed by atoms with van der Waals surface area (Å²) in [5.41, 5.74) is 1.70. The van der Waals surface area contributed by atoms with Gasteiger partial charge < -0.3 is 14.7 Å². The first-order valence-electron chi connectivity index (χ1n) is 6.63. The van der Waals surface area contributed by atoms with Crippen LogP contribution in [0.5, 0.6) is 0 Å². The van der Waals surface area contributed by atoms with Crippen molar-refractivity contribution in [3.8, 4) is 0 Å². The number of methoxy groups -OCH3 is 1. The number of nitrogens with zero attached hydrogens (tertiary/aromatic N) is 1. The van der Waals surface area contributed by atoms with E-state index in [-0.39, 0.29) is 12.5 Å². The molecule has 0 aliphatic carbocycles. The summed E-state index contributed by atoms with van der Waals surface area (Å²) in [5.74, 6) is 0.0296. The number of benzene rings is 1. The van der Waals surface area contributed by atoms with E-state index in [1.165, 1.54) is 0 Å².